The number of hydrogen-bond donors (Lipinski definition) is 2. The molecular weight excluding hydrogens is 434 g/mol. The highest BCUT2D eigenvalue weighted by Gasteiger charge is 2.55. The Morgan fingerprint density at radius 1 is 1.18 bits per heavy atom. The second-order valence-electron chi connectivity index (χ2n) is 10.7. The maximum atomic E-state index is 12.9. The van der Waals surface area contributed by atoms with Gasteiger partial charge in [0.2, 0.25) is 0 Å². The first-order valence-corrected chi connectivity index (χ1v) is 12.4. The van der Waals surface area contributed by atoms with Gasteiger partial charge in [-0.05, 0) is 49.9 Å². The molecule has 2 unspecified atom stereocenters. The molecule has 0 aromatic carbocycles. The van der Waals surface area contributed by atoms with E-state index in [2.05, 4.69) is 32.6 Å². The van der Waals surface area contributed by atoms with Gasteiger partial charge in [-0.2, -0.15) is 4.98 Å². The van der Waals surface area contributed by atoms with E-state index in [1.807, 2.05) is 0 Å². The van der Waals surface area contributed by atoms with E-state index in [1.165, 1.54) is 12.8 Å². The highest BCUT2D eigenvalue weighted by atomic mass is 16.5. The lowest BCUT2D eigenvalue weighted by Crippen LogP contribution is -2.59. The van der Waals surface area contributed by atoms with Gasteiger partial charge >= 0.3 is 0 Å². The van der Waals surface area contributed by atoms with Crippen LogP contribution in [-0.2, 0) is 11.2 Å². The van der Waals surface area contributed by atoms with Crippen LogP contribution in [-0.4, -0.2) is 69.0 Å². The van der Waals surface area contributed by atoms with E-state index in [4.69, 9.17) is 9.26 Å². The predicted molar refractivity (Wildman–Crippen MR) is 123 cm³/mol. The highest BCUT2D eigenvalue weighted by molar-refractivity contribution is 5.91. The van der Waals surface area contributed by atoms with Crippen molar-refractivity contribution in [2.45, 2.75) is 50.2 Å². The number of fused-ring (bicyclic) bond motifs is 1. The second-order valence-corrected chi connectivity index (χ2v) is 10.7. The number of amides is 1. The number of anilines is 1. The van der Waals surface area contributed by atoms with Gasteiger partial charge in [-0.1, -0.05) is 17.3 Å². The number of hydrogen-bond acceptors (Lipinski definition) is 8. The van der Waals surface area contributed by atoms with E-state index in [1.54, 1.807) is 11.1 Å². The fraction of sp³-hybridized carbons (Fsp3) is 0.600. The molecule has 5 aliphatic carbocycles. The number of ether oxygens (including phenoxy) is 1. The average Bonchev–Trinajstić information content (AvgIpc) is 3.50. The Balaban J connectivity index is 1.22. The van der Waals surface area contributed by atoms with Crippen LogP contribution in [0.15, 0.2) is 16.8 Å². The first kappa shape index (κ1) is 20.6. The Kier molecular flexibility index (Phi) is 4.61. The second kappa shape index (κ2) is 7.61. The van der Waals surface area contributed by atoms with E-state index in [0.717, 1.165) is 48.2 Å². The summed E-state index contributed by atoms with van der Waals surface area (Å²) in [6.45, 7) is 2.09. The molecule has 0 spiro atoms. The monoisotopic (exact) mass is 463 g/mol. The molecule has 4 bridgehead atoms. The lowest BCUT2D eigenvalue weighted by atomic mass is 9.52. The van der Waals surface area contributed by atoms with Gasteiger partial charge in [-0.25, -0.2) is 0 Å². The molecule has 0 radical (unpaired) electrons. The van der Waals surface area contributed by atoms with Crippen molar-refractivity contribution in [2.75, 3.05) is 31.6 Å². The maximum Gasteiger partial charge on any atom is 0.295 e. The van der Waals surface area contributed by atoms with Gasteiger partial charge < -0.3 is 24.6 Å². The number of carbonyl (C=O) groups excluding carboxylic acids is 1. The minimum absolute atomic E-state index is 0.0655. The maximum absolute atomic E-state index is 12.9. The van der Waals surface area contributed by atoms with Crippen molar-refractivity contribution in [1.82, 2.24) is 20.0 Å². The Morgan fingerprint density at radius 3 is 2.74 bits per heavy atom. The van der Waals surface area contributed by atoms with Crippen LogP contribution >= 0.6 is 0 Å². The van der Waals surface area contributed by atoms with Gasteiger partial charge in [0.25, 0.3) is 17.6 Å². The third-order valence-electron chi connectivity index (χ3n) is 8.49. The lowest BCUT2D eigenvalue weighted by Gasteiger charge is -2.58. The molecule has 9 nitrogen and oxygen atoms in total. The summed E-state index contributed by atoms with van der Waals surface area (Å²) in [5.41, 5.74) is 3.30. The molecule has 2 aromatic rings. The lowest BCUT2D eigenvalue weighted by molar-refractivity contribution is -0.129. The van der Waals surface area contributed by atoms with Crippen molar-refractivity contribution in [2.24, 2.45) is 17.8 Å². The van der Waals surface area contributed by atoms with Gasteiger partial charge in [0, 0.05) is 37.3 Å². The summed E-state index contributed by atoms with van der Waals surface area (Å²) in [5.74, 6) is 1.69. The SMILES string of the molecule is O=C(c1noc(-c2cnc3c(c2NC2C4CC5CC2CC(O)(C5)C4)C=CC3)n1)N1CCOCC1. The Morgan fingerprint density at radius 2 is 1.97 bits per heavy atom. The molecular formula is C25H29N5O4. The summed E-state index contributed by atoms with van der Waals surface area (Å²) in [4.78, 5) is 23.7. The van der Waals surface area contributed by atoms with Crippen LogP contribution in [0.2, 0.25) is 0 Å². The van der Waals surface area contributed by atoms with Crippen LogP contribution in [0, 0.1) is 17.8 Å². The molecule has 3 heterocycles. The number of nitrogens with zero attached hydrogens (tertiary/aromatic N) is 4. The van der Waals surface area contributed by atoms with E-state index in [0.29, 0.717) is 56.0 Å². The number of allylic oxidation sites excluding steroid dienone is 1. The van der Waals surface area contributed by atoms with Crippen LogP contribution in [0.3, 0.4) is 0 Å². The summed E-state index contributed by atoms with van der Waals surface area (Å²) >= 11 is 0. The Labute approximate surface area is 197 Å². The first-order valence-electron chi connectivity index (χ1n) is 12.4. The average molecular weight is 464 g/mol. The highest BCUT2D eigenvalue weighted by Crippen LogP contribution is 2.56. The van der Waals surface area contributed by atoms with Crippen LogP contribution in [0.4, 0.5) is 5.69 Å². The molecule has 4 saturated carbocycles. The van der Waals surface area contributed by atoms with Crippen molar-refractivity contribution in [3.63, 3.8) is 0 Å². The number of morpholine rings is 1. The normalized spacial score (nSPS) is 33.4. The van der Waals surface area contributed by atoms with Crippen molar-refractivity contribution < 1.29 is 19.2 Å². The largest absolute Gasteiger partial charge is 0.390 e. The third kappa shape index (κ3) is 3.28. The molecule has 2 N–H and O–H groups in total. The summed E-state index contributed by atoms with van der Waals surface area (Å²) in [6.07, 6.45) is 11.9. The molecule has 5 fully saturated rings. The molecule has 1 amide bonds. The summed E-state index contributed by atoms with van der Waals surface area (Å²) < 4.78 is 10.9. The van der Waals surface area contributed by atoms with Crippen LogP contribution < -0.4 is 5.32 Å². The van der Waals surface area contributed by atoms with Crippen molar-refractivity contribution >= 4 is 17.7 Å². The van der Waals surface area contributed by atoms with Gasteiger partial charge in [-0.15, -0.1) is 0 Å². The van der Waals surface area contributed by atoms with Gasteiger partial charge in [0.15, 0.2) is 0 Å². The molecule has 9 heteroatoms. The third-order valence-corrected chi connectivity index (χ3v) is 8.49. The Hall–Kier alpha value is -2.78. The number of pyridine rings is 1. The summed E-state index contributed by atoms with van der Waals surface area (Å²) in [6, 6.07) is 0.299. The first-order chi connectivity index (χ1) is 16.6. The zero-order valence-electron chi connectivity index (χ0n) is 19.1. The topological polar surface area (TPSA) is 114 Å². The fourth-order valence-corrected chi connectivity index (χ4v) is 7.23. The van der Waals surface area contributed by atoms with Crippen LogP contribution in [0.25, 0.3) is 17.5 Å². The quantitative estimate of drug-likeness (QED) is 0.711. The van der Waals surface area contributed by atoms with Crippen molar-refractivity contribution in [3.05, 3.63) is 29.4 Å². The minimum Gasteiger partial charge on any atom is -0.390 e. The number of nitrogens with one attached hydrogen (secondary N) is 1. The standard InChI is InChI=1S/C25H29N5O4/c31-24(30-4-6-33-7-5-30)22-28-23(34-29-22)18-13-26-19-3-1-2-17(19)21(18)27-20-15-8-14-9-16(20)12-25(32,10-14)11-15/h1-2,13-16,20,32H,3-12H2,(H,26,27). The predicted octanol–water partition coefficient (Wildman–Crippen LogP) is 2.52. The minimum atomic E-state index is -0.473. The molecule has 1 saturated heterocycles. The van der Waals surface area contributed by atoms with E-state index in [-0.39, 0.29) is 11.7 Å². The molecule has 178 valence electrons. The van der Waals surface area contributed by atoms with E-state index in [9.17, 15) is 9.90 Å². The number of aromatic nitrogens is 3. The molecule has 34 heavy (non-hydrogen) atoms. The summed E-state index contributed by atoms with van der Waals surface area (Å²) in [5, 5.41) is 18.9. The fourth-order valence-electron chi connectivity index (χ4n) is 7.23. The van der Waals surface area contributed by atoms with Crippen LogP contribution in [0.1, 0.15) is 54.0 Å². The van der Waals surface area contributed by atoms with Gasteiger partial charge in [0.1, 0.15) is 0 Å². The Bertz CT molecular complexity index is 1150. The van der Waals surface area contributed by atoms with Crippen LogP contribution in [0.5, 0.6) is 0 Å². The number of rotatable bonds is 4. The number of carbonyl (C=O) groups is 1. The van der Waals surface area contributed by atoms with Crippen molar-refractivity contribution in [1.29, 1.82) is 0 Å². The molecule has 2 aromatic heterocycles. The zero-order valence-corrected chi connectivity index (χ0v) is 19.1. The smallest absolute Gasteiger partial charge is 0.295 e. The number of aliphatic hydroxyl groups is 1. The van der Waals surface area contributed by atoms with E-state index >= 15 is 0 Å². The van der Waals surface area contributed by atoms with Crippen molar-refractivity contribution in [3.8, 4) is 11.5 Å². The zero-order chi connectivity index (χ0) is 22.9. The molecule has 8 rings (SSSR count). The molecule has 1 aliphatic heterocycles. The molecule has 6 aliphatic rings. The van der Waals surface area contributed by atoms with E-state index < -0.39 is 5.60 Å². The van der Waals surface area contributed by atoms with Gasteiger partial charge in [0.05, 0.1) is 35.8 Å². The van der Waals surface area contributed by atoms with Gasteiger partial charge in [-0.3, -0.25) is 9.78 Å². The summed E-state index contributed by atoms with van der Waals surface area (Å²) in [7, 11) is 0. The molecule has 2 atom stereocenters.